The molecule has 0 saturated carbocycles. The number of benzene rings is 1. The molecule has 1 unspecified atom stereocenters. The van der Waals surface area contributed by atoms with Gasteiger partial charge in [0.1, 0.15) is 10.6 Å². The smallest absolute Gasteiger partial charge is 0.247 e. The van der Waals surface area contributed by atoms with Crippen molar-refractivity contribution in [2.75, 3.05) is 13.7 Å². The van der Waals surface area contributed by atoms with E-state index >= 15 is 0 Å². The summed E-state index contributed by atoms with van der Waals surface area (Å²) in [6.45, 7) is 0.558. The Balaban J connectivity index is 2.01. The molecular formula is C15H17NO3S2. The Morgan fingerprint density at radius 3 is 2.76 bits per heavy atom. The van der Waals surface area contributed by atoms with E-state index in [1.54, 1.807) is 39.9 Å². The standard InChI is InChI=1S/C15H17NO3S2/c1-19-13-7-2-3-9-15(13)21(17,18)16-10-4-6-12(16)14-8-5-11-20-14/h2-3,5,7-9,11-12H,4,6,10H2,1H3. The van der Waals surface area contributed by atoms with Crippen molar-refractivity contribution >= 4 is 21.4 Å². The second-order valence-electron chi connectivity index (χ2n) is 4.94. The zero-order valence-electron chi connectivity index (χ0n) is 11.7. The highest BCUT2D eigenvalue weighted by Crippen LogP contribution is 2.39. The van der Waals surface area contributed by atoms with E-state index in [0.717, 1.165) is 17.7 Å². The van der Waals surface area contributed by atoms with Crippen molar-refractivity contribution in [3.8, 4) is 5.75 Å². The maximum Gasteiger partial charge on any atom is 0.247 e. The van der Waals surface area contributed by atoms with Crippen molar-refractivity contribution in [3.05, 3.63) is 46.7 Å². The zero-order chi connectivity index (χ0) is 14.9. The predicted molar refractivity (Wildman–Crippen MR) is 83.2 cm³/mol. The Hall–Kier alpha value is -1.37. The van der Waals surface area contributed by atoms with Crippen LogP contribution < -0.4 is 4.74 Å². The molecule has 1 aromatic carbocycles. The van der Waals surface area contributed by atoms with Crippen LogP contribution in [0.25, 0.3) is 0 Å². The third-order valence-corrected chi connectivity index (χ3v) is 6.65. The number of hydrogen-bond acceptors (Lipinski definition) is 4. The Morgan fingerprint density at radius 1 is 1.24 bits per heavy atom. The molecule has 1 aliphatic heterocycles. The maximum atomic E-state index is 13.0. The predicted octanol–water partition coefficient (Wildman–Crippen LogP) is 3.28. The monoisotopic (exact) mass is 323 g/mol. The lowest BCUT2D eigenvalue weighted by molar-refractivity contribution is 0.383. The molecule has 21 heavy (non-hydrogen) atoms. The fourth-order valence-corrected chi connectivity index (χ4v) is 5.52. The molecule has 2 heterocycles. The van der Waals surface area contributed by atoms with Crippen molar-refractivity contribution in [1.29, 1.82) is 0 Å². The van der Waals surface area contributed by atoms with Crippen LogP contribution in [0.3, 0.4) is 0 Å². The van der Waals surface area contributed by atoms with Crippen LogP contribution in [0.2, 0.25) is 0 Å². The first-order valence-electron chi connectivity index (χ1n) is 6.83. The summed E-state index contributed by atoms with van der Waals surface area (Å²) in [7, 11) is -2.05. The summed E-state index contributed by atoms with van der Waals surface area (Å²) in [5.41, 5.74) is 0. The average Bonchev–Trinajstić information content (AvgIpc) is 3.17. The summed E-state index contributed by atoms with van der Waals surface area (Å²) >= 11 is 1.61. The van der Waals surface area contributed by atoms with E-state index in [0.29, 0.717) is 12.3 Å². The second kappa shape index (κ2) is 5.79. The van der Waals surface area contributed by atoms with Gasteiger partial charge >= 0.3 is 0 Å². The highest BCUT2D eigenvalue weighted by molar-refractivity contribution is 7.89. The number of hydrogen-bond donors (Lipinski definition) is 0. The quantitative estimate of drug-likeness (QED) is 0.867. The van der Waals surface area contributed by atoms with Gasteiger partial charge in [0, 0.05) is 11.4 Å². The molecule has 4 nitrogen and oxygen atoms in total. The molecule has 2 aromatic rings. The van der Waals surface area contributed by atoms with Gasteiger partial charge in [-0.25, -0.2) is 8.42 Å². The van der Waals surface area contributed by atoms with E-state index in [1.807, 2.05) is 17.5 Å². The minimum Gasteiger partial charge on any atom is -0.495 e. The van der Waals surface area contributed by atoms with Crippen LogP contribution in [0.4, 0.5) is 0 Å². The fraction of sp³-hybridized carbons (Fsp3) is 0.333. The Bertz CT molecular complexity index is 710. The first kappa shape index (κ1) is 14.6. The van der Waals surface area contributed by atoms with Crippen molar-refractivity contribution in [1.82, 2.24) is 4.31 Å². The molecule has 1 atom stereocenters. The van der Waals surface area contributed by atoms with Crippen molar-refractivity contribution in [2.24, 2.45) is 0 Å². The van der Waals surface area contributed by atoms with Gasteiger partial charge in [0.15, 0.2) is 0 Å². The molecule has 0 spiro atoms. The normalized spacial score (nSPS) is 19.8. The van der Waals surface area contributed by atoms with Crippen molar-refractivity contribution in [3.63, 3.8) is 0 Å². The molecule has 0 bridgehead atoms. The van der Waals surface area contributed by atoms with E-state index in [-0.39, 0.29) is 10.9 Å². The summed E-state index contributed by atoms with van der Waals surface area (Å²) in [5.74, 6) is 0.398. The number of nitrogens with zero attached hydrogens (tertiary/aromatic N) is 1. The highest BCUT2D eigenvalue weighted by Gasteiger charge is 2.37. The van der Waals surface area contributed by atoms with Crippen LogP contribution >= 0.6 is 11.3 Å². The Labute approximate surface area is 129 Å². The molecule has 0 amide bonds. The van der Waals surface area contributed by atoms with Gasteiger partial charge in [-0.1, -0.05) is 18.2 Å². The Morgan fingerprint density at radius 2 is 2.05 bits per heavy atom. The molecule has 0 aliphatic carbocycles. The fourth-order valence-electron chi connectivity index (χ4n) is 2.75. The van der Waals surface area contributed by atoms with E-state index in [1.165, 1.54) is 7.11 Å². The van der Waals surface area contributed by atoms with Gasteiger partial charge in [-0.3, -0.25) is 0 Å². The zero-order valence-corrected chi connectivity index (χ0v) is 13.4. The number of rotatable bonds is 4. The largest absolute Gasteiger partial charge is 0.495 e. The summed E-state index contributed by atoms with van der Waals surface area (Å²) in [6, 6.07) is 10.7. The van der Waals surface area contributed by atoms with Crippen LogP contribution in [-0.2, 0) is 10.0 Å². The lowest BCUT2D eigenvalue weighted by atomic mass is 10.2. The minimum absolute atomic E-state index is 0.0556. The Kier molecular flexibility index (Phi) is 4.01. The van der Waals surface area contributed by atoms with Gasteiger partial charge < -0.3 is 4.74 Å². The maximum absolute atomic E-state index is 13.0. The molecule has 1 saturated heterocycles. The average molecular weight is 323 g/mol. The topological polar surface area (TPSA) is 46.6 Å². The SMILES string of the molecule is COc1ccccc1S(=O)(=O)N1CCCC1c1cccs1. The van der Waals surface area contributed by atoms with Crippen LogP contribution in [0, 0.1) is 0 Å². The number of para-hydroxylation sites is 1. The number of thiophene rings is 1. The molecule has 0 radical (unpaired) electrons. The molecule has 1 aromatic heterocycles. The van der Waals surface area contributed by atoms with Gasteiger partial charge in [-0.15, -0.1) is 11.3 Å². The highest BCUT2D eigenvalue weighted by atomic mass is 32.2. The molecule has 0 N–H and O–H groups in total. The van der Waals surface area contributed by atoms with E-state index in [4.69, 9.17) is 4.74 Å². The van der Waals surface area contributed by atoms with Gasteiger partial charge in [-0.05, 0) is 36.4 Å². The van der Waals surface area contributed by atoms with Crippen LogP contribution in [0.5, 0.6) is 5.75 Å². The van der Waals surface area contributed by atoms with Gasteiger partial charge in [0.25, 0.3) is 0 Å². The summed E-state index contributed by atoms with van der Waals surface area (Å²) in [6.07, 6.45) is 1.76. The molecule has 3 rings (SSSR count). The van der Waals surface area contributed by atoms with E-state index < -0.39 is 10.0 Å². The van der Waals surface area contributed by atoms with Crippen molar-refractivity contribution < 1.29 is 13.2 Å². The van der Waals surface area contributed by atoms with Crippen LogP contribution in [0.15, 0.2) is 46.7 Å². The van der Waals surface area contributed by atoms with E-state index in [2.05, 4.69) is 0 Å². The number of ether oxygens (including phenoxy) is 1. The molecule has 6 heteroatoms. The van der Waals surface area contributed by atoms with E-state index in [9.17, 15) is 8.42 Å². The second-order valence-corrected chi connectivity index (χ2v) is 7.78. The third kappa shape index (κ3) is 2.59. The minimum atomic E-state index is -3.54. The van der Waals surface area contributed by atoms with Gasteiger partial charge in [-0.2, -0.15) is 4.31 Å². The number of methoxy groups -OCH3 is 1. The van der Waals surface area contributed by atoms with Gasteiger partial charge in [0.05, 0.1) is 13.2 Å². The molecular weight excluding hydrogens is 306 g/mol. The lowest BCUT2D eigenvalue weighted by Gasteiger charge is -2.24. The molecule has 1 aliphatic rings. The summed E-state index contributed by atoms with van der Waals surface area (Å²) in [4.78, 5) is 1.35. The third-order valence-electron chi connectivity index (χ3n) is 3.73. The first-order valence-corrected chi connectivity index (χ1v) is 9.15. The summed E-state index contributed by atoms with van der Waals surface area (Å²) in [5, 5.41) is 1.99. The molecule has 1 fully saturated rings. The lowest BCUT2D eigenvalue weighted by Crippen LogP contribution is -2.30. The van der Waals surface area contributed by atoms with Crippen molar-refractivity contribution in [2.45, 2.75) is 23.8 Å². The van der Waals surface area contributed by atoms with Crippen LogP contribution in [0.1, 0.15) is 23.8 Å². The number of sulfonamides is 1. The van der Waals surface area contributed by atoms with Crippen LogP contribution in [-0.4, -0.2) is 26.4 Å². The van der Waals surface area contributed by atoms with Gasteiger partial charge in [0.2, 0.25) is 10.0 Å². The molecule has 112 valence electrons. The summed E-state index contributed by atoms with van der Waals surface area (Å²) < 4.78 is 32.8. The first-order chi connectivity index (χ1) is 10.1.